The van der Waals surface area contributed by atoms with E-state index in [1.165, 1.54) is 10.9 Å². The van der Waals surface area contributed by atoms with Crippen LogP contribution in [0.25, 0.3) is 10.9 Å². The topological polar surface area (TPSA) is 28.2 Å². The van der Waals surface area contributed by atoms with Gasteiger partial charge in [-0.3, -0.25) is 0 Å². The average molecular weight is 285 g/mol. The normalized spacial score (nSPS) is 13.1. The third-order valence-corrected chi connectivity index (χ3v) is 3.60. The van der Waals surface area contributed by atoms with E-state index in [0.29, 0.717) is 12.0 Å². The lowest BCUT2D eigenvalue weighted by Crippen LogP contribution is -2.34. The Kier molecular flexibility index (Phi) is 5.18. The summed E-state index contributed by atoms with van der Waals surface area (Å²) in [6.45, 7) is 7.69. The van der Waals surface area contributed by atoms with E-state index in [0.717, 1.165) is 24.3 Å². The lowest BCUT2D eigenvalue weighted by Gasteiger charge is -2.25. The van der Waals surface area contributed by atoms with Gasteiger partial charge in [-0.2, -0.15) is 0 Å². The van der Waals surface area contributed by atoms with Crippen LogP contribution in [0.1, 0.15) is 25.8 Å². The number of benzene rings is 1. The molecule has 0 saturated carbocycles. The van der Waals surface area contributed by atoms with E-state index in [2.05, 4.69) is 69.3 Å². The van der Waals surface area contributed by atoms with E-state index < -0.39 is 0 Å². The number of anilines is 1. The van der Waals surface area contributed by atoms with Gasteiger partial charge in [-0.1, -0.05) is 32.0 Å². The molecule has 0 aliphatic heterocycles. The Balaban J connectivity index is 2.24. The minimum Gasteiger partial charge on any atom is -0.366 e. The Morgan fingerprint density at radius 3 is 2.57 bits per heavy atom. The second-order valence-corrected chi connectivity index (χ2v) is 6.58. The molecule has 0 amide bonds. The maximum absolute atomic E-state index is 4.80. The minimum absolute atomic E-state index is 0.423. The van der Waals surface area contributed by atoms with Crippen molar-refractivity contribution in [1.29, 1.82) is 0 Å². The summed E-state index contributed by atoms with van der Waals surface area (Å²) in [6.07, 6.45) is 1.14. The van der Waals surface area contributed by atoms with Crippen LogP contribution in [-0.2, 0) is 0 Å². The van der Waals surface area contributed by atoms with Crippen LogP contribution in [0.5, 0.6) is 0 Å². The highest BCUT2D eigenvalue weighted by atomic mass is 15.1. The minimum atomic E-state index is 0.423. The Bertz CT molecular complexity index is 580. The molecule has 3 nitrogen and oxygen atoms in total. The molecule has 0 radical (unpaired) electrons. The molecular formula is C18H27N3. The van der Waals surface area contributed by atoms with Gasteiger partial charge in [0.1, 0.15) is 5.82 Å². The second-order valence-electron chi connectivity index (χ2n) is 6.58. The Morgan fingerprint density at radius 2 is 1.90 bits per heavy atom. The summed E-state index contributed by atoms with van der Waals surface area (Å²) < 4.78 is 0. The molecule has 114 valence electrons. The van der Waals surface area contributed by atoms with Gasteiger partial charge in [0.05, 0.1) is 5.52 Å². The van der Waals surface area contributed by atoms with Gasteiger partial charge in [0.25, 0.3) is 0 Å². The smallest absolute Gasteiger partial charge is 0.129 e. The van der Waals surface area contributed by atoms with E-state index in [1.807, 2.05) is 6.07 Å². The predicted octanol–water partition coefficient (Wildman–Crippen LogP) is 3.93. The number of hydrogen-bond acceptors (Lipinski definition) is 3. The summed E-state index contributed by atoms with van der Waals surface area (Å²) >= 11 is 0. The first-order valence-corrected chi connectivity index (χ1v) is 7.73. The van der Waals surface area contributed by atoms with Crippen molar-refractivity contribution in [2.24, 2.45) is 5.92 Å². The van der Waals surface area contributed by atoms with Crippen LogP contribution in [-0.4, -0.2) is 36.6 Å². The highest BCUT2D eigenvalue weighted by Crippen LogP contribution is 2.21. The highest BCUT2D eigenvalue weighted by Gasteiger charge is 2.14. The van der Waals surface area contributed by atoms with Gasteiger partial charge in [-0.05, 0) is 51.1 Å². The van der Waals surface area contributed by atoms with Gasteiger partial charge in [0.2, 0.25) is 0 Å². The van der Waals surface area contributed by atoms with Gasteiger partial charge in [0.15, 0.2) is 0 Å². The molecule has 1 aromatic carbocycles. The van der Waals surface area contributed by atoms with Crippen LogP contribution < -0.4 is 5.32 Å². The van der Waals surface area contributed by atoms with Gasteiger partial charge < -0.3 is 10.2 Å². The number of hydrogen-bond donors (Lipinski definition) is 1. The molecule has 0 saturated heterocycles. The summed E-state index contributed by atoms with van der Waals surface area (Å²) in [7, 11) is 4.24. The van der Waals surface area contributed by atoms with Crippen molar-refractivity contribution in [2.45, 2.75) is 33.2 Å². The van der Waals surface area contributed by atoms with Crippen molar-refractivity contribution in [3.8, 4) is 0 Å². The van der Waals surface area contributed by atoms with Crippen molar-refractivity contribution < 1.29 is 0 Å². The lowest BCUT2D eigenvalue weighted by atomic mass is 10.0. The third-order valence-electron chi connectivity index (χ3n) is 3.60. The van der Waals surface area contributed by atoms with E-state index in [1.54, 1.807) is 0 Å². The molecule has 2 aromatic rings. The molecule has 21 heavy (non-hydrogen) atoms. The number of nitrogens with one attached hydrogen (secondary N) is 1. The quantitative estimate of drug-likeness (QED) is 0.871. The van der Waals surface area contributed by atoms with Crippen molar-refractivity contribution in [1.82, 2.24) is 9.88 Å². The fraction of sp³-hybridized carbons (Fsp3) is 0.500. The maximum atomic E-state index is 4.80. The van der Waals surface area contributed by atoms with Gasteiger partial charge >= 0.3 is 0 Å². The van der Waals surface area contributed by atoms with Gasteiger partial charge in [-0.25, -0.2) is 4.98 Å². The Hall–Kier alpha value is -1.61. The van der Waals surface area contributed by atoms with Crippen LogP contribution in [0.15, 0.2) is 30.3 Å². The molecular weight excluding hydrogens is 258 g/mol. The van der Waals surface area contributed by atoms with Crippen LogP contribution in [0.4, 0.5) is 5.82 Å². The zero-order valence-electron chi connectivity index (χ0n) is 13.9. The SMILES string of the molecule is Cc1cc2ccccc2nc1NC(CC(C)C)CN(C)C. The molecule has 0 aliphatic rings. The van der Waals surface area contributed by atoms with E-state index >= 15 is 0 Å². The van der Waals surface area contributed by atoms with Crippen molar-refractivity contribution >= 4 is 16.7 Å². The predicted molar refractivity (Wildman–Crippen MR) is 91.9 cm³/mol. The number of likely N-dealkylation sites (N-methyl/N-ethyl adjacent to an activating group) is 1. The number of para-hydroxylation sites is 1. The van der Waals surface area contributed by atoms with Crippen LogP contribution in [0.2, 0.25) is 0 Å². The largest absolute Gasteiger partial charge is 0.366 e. The molecule has 0 bridgehead atoms. The first-order valence-electron chi connectivity index (χ1n) is 7.73. The Morgan fingerprint density at radius 1 is 1.19 bits per heavy atom. The summed E-state index contributed by atoms with van der Waals surface area (Å²) in [5, 5.41) is 4.85. The first-order chi connectivity index (χ1) is 9.95. The zero-order chi connectivity index (χ0) is 15.4. The number of rotatable bonds is 6. The average Bonchev–Trinajstić information content (AvgIpc) is 2.38. The molecule has 0 spiro atoms. The van der Waals surface area contributed by atoms with Gasteiger partial charge in [-0.15, -0.1) is 0 Å². The molecule has 1 atom stereocenters. The molecule has 1 heterocycles. The molecule has 2 rings (SSSR count). The molecule has 0 aliphatic carbocycles. The molecule has 1 N–H and O–H groups in total. The second kappa shape index (κ2) is 6.90. The summed E-state index contributed by atoms with van der Waals surface area (Å²) in [5.41, 5.74) is 2.26. The fourth-order valence-electron chi connectivity index (χ4n) is 2.75. The molecule has 1 unspecified atom stereocenters. The molecule has 3 heteroatoms. The molecule has 1 aromatic heterocycles. The van der Waals surface area contributed by atoms with Crippen LogP contribution >= 0.6 is 0 Å². The first kappa shape index (κ1) is 15.8. The molecule has 0 fully saturated rings. The standard InChI is InChI=1S/C18H27N3/c1-13(2)10-16(12-21(4)5)19-18-14(3)11-15-8-6-7-9-17(15)20-18/h6-9,11,13,16H,10,12H2,1-5H3,(H,19,20). The summed E-state index contributed by atoms with van der Waals surface area (Å²) in [5.74, 6) is 1.68. The third kappa shape index (κ3) is 4.43. The van der Waals surface area contributed by atoms with Crippen molar-refractivity contribution in [3.63, 3.8) is 0 Å². The fourth-order valence-corrected chi connectivity index (χ4v) is 2.75. The van der Waals surface area contributed by atoms with E-state index in [9.17, 15) is 0 Å². The van der Waals surface area contributed by atoms with Crippen LogP contribution in [0, 0.1) is 12.8 Å². The number of nitrogens with zero attached hydrogens (tertiary/aromatic N) is 2. The maximum Gasteiger partial charge on any atom is 0.129 e. The summed E-state index contributed by atoms with van der Waals surface area (Å²) in [4.78, 5) is 7.03. The highest BCUT2D eigenvalue weighted by molar-refractivity contribution is 5.81. The van der Waals surface area contributed by atoms with E-state index in [-0.39, 0.29) is 0 Å². The number of fused-ring (bicyclic) bond motifs is 1. The number of pyridine rings is 1. The zero-order valence-corrected chi connectivity index (χ0v) is 13.9. The monoisotopic (exact) mass is 285 g/mol. The lowest BCUT2D eigenvalue weighted by molar-refractivity contribution is 0.356. The van der Waals surface area contributed by atoms with Gasteiger partial charge in [0, 0.05) is 18.0 Å². The number of aryl methyl sites for hydroxylation is 1. The Labute approximate surface area is 128 Å². The summed E-state index contributed by atoms with van der Waals surface area (Å²) in [6, 6.07) is 10.9. The van der Waals surface area contributed by atoms with Crippen molar-refractivity contribution in [2.75, 3.05) is 26.0 Å². The van der Waals surface area contributed by atoms with Crippen LogP contribution in [0.3, 0.4) is 0 Å². The van der Waals surface area contributed by atoms with Crippen molar-refractivity contribution in [3.05, 3.63) is 35.9 Å². The van der Waals surface area contributed by atoms with E-state index in [4.69, 9.17) is 4.98 Å². The number of aromatic nitrogens is 1.